The summed E-state index contributed by atoms with van der Waals surface area (Å²) in [6, 6.07) is 7.79. The number of H-pyrrole nitrogens is 1. The predicted molar refractivity (Wildman–Crippen MR) is 175 cm³/mol. The van der Waals surface area contributed by atoms with E-state index >= 15 is 0 Å². The quantitative estimate of drug-likeness (QED) is 0.309. The van der Waals surface area contributed by atoms with Crippen LogP contribution in [0, 0.1) is 11.8 Å². The lowest BCUT2D eigenvalue weighted by Crippen LogP contribution is -2.74. The second kappa shape index (κ2) is 7.66. The van der Waals surface area contributed by atoms with Crippen molar-refractivity contribution in [2.45, 2.75) is 110 Å². The van der Waals surface area contributed by atoms with Gasteiger partial charge in [0.05, 0.1) is 27.8 Å². The largest absolute Gasteiger partial charge is 0.504 e. The van der Waals surface area contributed by atoms with Crippen LogP contribution in [-0.2, 0) is 41.3 Å². The number of hydrogen-bond acceptors (Lipinski definition) is 8. The fourth-order valence-electron chi connectivity index (χ4n) is 13.8. The van der Waals surface area contributed by atoms with Gasteiger partial charge in [0.25, 0.3) is 0 Å². The number of aromatic nitrogens is 1. The van der Waals surface area contributed by atoms with Crippen molar-refractivity contribution in [3.05, 3.63) is 69.0 Å². The normalized spacial score (nSPS) is 43.5. The molecular formula is C40H41N3O6. The lowest BCUT2D eigenvalue weighted by atomic mass is 9.48. The molecule has 5 aliphatic heterocycles. The SMILES string of the molecule is Oc1ccc2c3c1O[C@H]1c4[nH]c5c(c4C[C@@]4(O)C(C2)N(CC2CC2)CCC314)C[C@@]12O[C@@]13Cc1ccc(O)c4c1C2(CCN3CC1CC1)[C@H]5O4. The van der Waals surface area contributed by atoms with Crippen LogP contribution >= 0.6 is 0 Å². The molecule has 3 unspecified atom stereocenters. The molecule has 4 bridgehead atoms. The minimum Gasteiger partial charge on any atom is -0.504 e. The minimum atomic E-state index is -1.04. The fraction of sp³-hybridized carbons (Fsp3) is 0.600. The second-order valence-electron chi connectivity index (χ2n) is 18.0. The van der Waals surface area contributed by atoms with Gasteiger partial charge in [-0.15, -0.1) is 0 Å². The molecule has 8 atom stereocenters. The van der Waals surface area contributed by atoms with Gasteiger partial charge in [0, 0.05) is 56.1 Å². The Balaban J connectivity index is 0.996. The van der Waals surface area contributed by atoms with Gasteiger partial charge in [-0.05, 0) is 97.7 Å². The Morgan fingerprint density at radius 2 is 1.41 bits per heavy atom. The van der Waals surface area contributed by atoms with Gasteiger partial charge in [-0.2, -0.15) is 0 Å². The number of aromatic hydroxyl groups is 2. The van der Waals surface area contributed by atoms with Crippen molar-refractivity contribution in [2.75, 3.05) is 26.2 Å². The molecule has 2 aromatic carbocycles. The van der Waals surface area contributed by atoms with Crippen molar-refractivity contribution in [3.8, 4) is 23.0 Å². The molecule has 0 radical (unpaired) electrons. The summed E-state index contributed by atoms with van der Waals surface area (Å²) in [5.41, 5.74) is 6.31. The van der Waals surface area contributed by atoms with Gasteiger partial charge in [0.2, 0.25) is 0 Å². The maximum atomic E-state index is 13.5. The van der Waals surface area contributed by atoms with Crippen molar-refractivity contribution in [3.63, 3.8) is 0 Å². The van der Waals surface area contributed by atoms with Crippen LogP contribution in [0.3, 0.4) is 0 Å². The number of aromatic amines is 1. The molecule has 9 nitrogen and oxygen atoms in total. The molecule has 0 amide bonds. The molecule has 2 saturated carbocycles. The summed E-state index contributed by atoms with van der Waals surface area (Å²) >= 11 is 0. The van der Waals surface area contributed by atoms with E-state index in [2.05, 4.69) is 26.9 Å². The van der Waals surface area contributed by atoms with E-state index in [4.69, 9.17) is 14.2 Å². The summed E-state index contributed by atoms with van der Waals surface area (Å²) in [7, 11) is 0. The molecule has 1 aromatic heterocycles. The number of rotatable bonds is 4. The van der Waals surface area contributed by atoms with Gasteiger partial charge in [-0.25, -0.2) is 0 Å². The van der Waals surface area contributed by atoms with Crippen LogP contribution in [0.5, 0.6) is 23.0 Å². The topological polar surface area (TPSA) is 114 Å². The van der Waals surface area contributed by atoms with E-state index < -0.39 is 22.7 Å². The molecule has 252 valence electrons. The van der Waals surface area contributed by atoms with E-state index in [0.717, 1.165) is 87.1 Å². The van der Waals surface area contributed by atoms with Crippen LogP contribution in [0.4, 0.5) is 0 Å². The van der Waals surface area contributed by atoms with Crippen LogP contribution < -0.4 is 9.47 Å². The first-order chi connectivity index (χ1) is 23.8. The molecule has 3 spiro atoms. The van der Waals surface area contributed by atoms with Gasteiger partial charge < -0.3 is 34.5 Å². The number of ether oxygens (including phenoxy) is 3. The Kier molecular flexibility index (Phi) is 4.15. The van der Waals surface area contributed by atoms with E-state index in [9.17, 15) is 15.3 Å². The van der Waals surface area contributed by atoms with Gasteiger partial charge >= 0.3 is 0 Å². The third-order valence-electron chi connectivity index (χ3n) is 16.1. The molecular weight excluding hydrogens is 618 g/mol. The van der Waals surface area contributed by atoms with Crippen molar-refractivity contribution >= 4 is 0 Å². The maximum absolute atomic E-state index is 13.5. The standard InChI is InChI=1S/C40H41N3O6/c44-25-7-5-21-13-27-38(46)15-23-24-16-39-37-10-12-43(18-20-3-4-20)40(39,49-39)14-22-6-8-26(45)33(29(22)37)48-35(37)31(24)41-30(23)34-36(38,28(21)32(25)47-34)9-11-42(27)17-19-1-2-19/h5-8,19-20,27,34-35,41,44-46H,1-4,9-18H2/t27?,34-,35-,36?,37?,38+,39-,40-/m0/s1. The Bertz CT molecular complexity index is 2060. The Morgan fingerprint density at radius 1 is 0.755 bits per heavy atom. The predicted octanol–water partition coefficient (Wildman–Crippen LogP) is 4.19. The molecule has 11 aliphatic rings. The average molecular weight is 660 g/mol. The zero-order chi connectivity index (χ0) is 32.0. The van der Waals surface area contributed by atoms with E-state index in [-0.39, 0.29) is 34.8 Å². The highest BCUT2D eigenvalue weighted by Crippen LogP contribution is 2.80. The van der Waals surface area contributed by atoms with Gasteiger partial charge in [-0.3, -0.25) is 9.80 Å². The van der Waals surface area contributed by atoms with Gasteiger partial charge in [0.1, 0.15) is 5.60 Å². The molecule has 5 fully saturated rings. The third kappa shape index (κ3) is 2.56. The number of nitrogens with one attached hydrogen (secondary N) is 1. The highest BCUT2D eigenvalue weighted by atomic mass is 16.7. The van der Waals surface area contributed by atoms with E-state index in [1.54, 1.807) is 6.07 Å². The molecule has 3 aromatic rings. The number of piperidine rings is 2. The number of aliphatic hydroxyl groups is 1. The highest BCUT2D eigenvalue weighted by Gasteiger charge is 2.89. The Morgan fingerprint density at radius 3 is 2.16 bits per heavy atom. The monoisotopic (exact) mass is 659 g/mol. The van der Waals surface area contributed by atoms with Crippen molar-refractivity contribution in [1.82, 2.24) is 14.8 Å². The van der Waals surface area contributed by atoms with Crippen molar-refractivity contribution in [1.29, 1.82) is 0 Å². The lowest BCUT2D eigenvalue weighted by Gasteiger charge is -2.63. The van der Waals surface area contributed by atoms with Crippen LogP contribution in [0.1, 0.15) is 95.5 Å². The molecule has 4 N–H and O–H groups in total. The summed E-state index contributed by atoms with van der Waals surface area (Å²) in [5, 5.41) is 36.0. The number of phenolic OH excluding ortho intramolecular Hbond substituents is 2. The first-order valence-corrected chi connectivity index (χ1v) is 19.0. The molecule has 49 heavy (non-hydrogen) atoms. The van der Waals surface area contributed by atoms with E-state index in [0.29, 0.717) is 17.9 Å². The summed E-state index contributed by atoms with van der Waals surface area (Å²) in [5.74, 6) is 3.07. The first-order valence-electron chi connectivity index (χ1n) is 19.0. The smallest absolute Gasteiger partial charge is 0.166 e. The third-order valence-corrected chi connectivity index (χ3v) is 16.1. The van der Waals surface area contributed by atoms with Crippen molar-refractivity contribution in [2.24, 2.45) is 11.8 Å². The zero-order valence-corrected chi connectivity index (χ0v) is 27.6. The summed E-state index contributed by atoms with van der Waals surface area (Å²) < 4.78 is 21.4. The number of phenols is 2. The number of benzene rings is 2. The average Bonchev–Trinajstić information content (AvgIpc) is 4.03. The van der Waals surface area contributed by atoms with Crippen molar-refractivity contribution < 1.29 is 29.5 Å². The molecule has 6 heterocycles. The Hall–Kier alpha value is -3.24. The molecule has 3 saturated heterocycles. The highest BCUT2D eigenvalue weighted by molar-refractivity contribution is 5.70. The first kappa shape index (κ1) is 26.6. The molecule has 14 rings (SSSR count). The molecule has 9 heteroatoms. The van der Waals surface area contributed by atoms with Crippen LogP contribution in [0.25, 0.3) is 0 Å². The number of epoxide rings is 1. The van der Waals surface area contributed by atoms with Gasteiger partial charge in [0.15, 0.2) is 40.9 Å². The maximum Gasteiger partial charge on any atom is 0.166 e. The van der Waals surface area contributed by atoms with E-state index in [1.165, 1.54) is 53.5 Å². The lowest BCUT2D eigenvalue weighted by molar-refractivity contribution is -0.173. The van der Waals surface area contributed by atoms with E-state index in [1.807, 2.05) is 6.07 Å². The number of fused-ring (bicyclic) bond motifs is 5. The number of likely N-dealkylation sites (tertiary alicyclic amines) is 2. The summed E-state index contributed by atoms with van der Waals surface area (Å²) in [6.07, 6.45) is 9.05. The zero-order valence-electron chi connectivity index (χ0n) is 27.6. The van der Waals surface area contributed by atoms with Crippen LogP contribution in [0.2, 0.25) is 0 Å². The second-order valence-corrected chi connectivity index (χ2v) is 18.0. The fourth-order valence-corrected chi connectivity index (χ4v) is 13.8. The summed E-state index contributed by atoms with van der Waals surface area (Å²) in [6.45, 7) is 4.03. The number of nitrogens with zero attached hydrogens (tertiary/aromatic N) is 2. The summed E-state index contributed by atoms with van der Waals surface area (Å²) in [4.78, 5) is 9.26. The van der Waals surface area contributed by atoms with Crippen LogP contribution in [-0.4, -0.2) is 79.3 Å². The van der Waals surface area contributed by atoms with Crippen LogP contribution in [0.15, 0.2) is 24.3 Å². The minimum absolute atomic E-state index is 0.0131. The Labute approximate surface area is 284 Å². The number of hydrogen-bond donors (Lipinski definition) is 4. The van der Waals surface area contributed by atoms with Gasteiger partial charge in [-0.1, -0.05) is 12.1 Å². The molecule has 6 aliphatic carbocycles.